The van der Waals surface area contributed by atoms with E-state index >= 15 is 0 Å². The molecule has 1 fully saturated rings. The van der Waals surface area contributed by atoms with Crippen molar-refractivity contribution in [1.82, 2.24) is 9.80 Å². The number of benzene rings is 2. The topological polar surface area (TPSA) is 91.0 Å². The number of carbonyl (C=O) groups excluding carboxylic acids is 1. The van der Waals surface area contributed by atoms with Crippen molar-refractivity contribution in [2.24, 2.45) is 0 Å². The van der Waals surface area contributed by atoms with Gasteiger partial charge in [0.15, 0.2) is 0 Å². The van der Waals surface area contributed by atoms with Crippen LogP contribution in [-0.4, -0.2) is 63.3 Å². The Bertz CT molecular complexity index is 982. The molecular formula is C22H30N4O4S. The lowest BCUT2D eigenvalue weighted by Gasteiger charge is -2.22. The van der Waals surface area contributed by atoms with Crippen molar-refractivity contribution in [1.29, 1.82) is 0 Å². The number of amides is 2. The van der Waals surface area contributed by atoms with Crippen molar-refractivity contribution in [3.05, 3.63) is 54.1 Å². The Balaban J connectivity index is 1.59. The fraction of sp³-hybridized carbons (Fsp3) is 0.409. The van der Waals surface area contributed by atoms with Gasteiger partial charge in [-0.2, -0.15) is 0 Å². The third-order valence-corrected chi connectivity index (χ3v) is 6.51. The lowest BCUT2D eigenvalue weighted by Crippen LogP contribution is -2.38. The normalized spacial score (nSPS) is 15.2. The second-order valence-corrected chi connectivity index (χ2v) is 9.46. The molecule has 3 rings (SSSR count). The van der Waals surface area contributed by atoms with E-state index in [1.165, 1.54) is 12.7 Å². The maximum atomic E-state index is 12.8. The van der Waals surface area contributed by atoms with E-state index < -0.39 is 10.0 Å². The van der Waals surface area contributed by atoms with Crippen LogP contribution in [0, 0.1) is 0 Å². The summed E-state index contributed by atoms with van der Waals surface area (Å²) in [5.74, 6) is 0.310. The van der Waals surface area contributed by atoms with Crippen LogP contribution in [0.3, 0.4) is 0 Å². The highest BCUT2D eigenvalue weighted by Gasteiger charge is 2.20. The molecule has 0 atom stereocenters. The first-order chi connectivity index (χ1) is 14.9. The molecule has 0 bridgehead atoms. The molecule has 0 unspecified atom stereocenters. The predicted octanol–water partition coefficient (Wildman–Crippen LogP) is 3.20. The van der Waals surface area contributed by atoms with E-state index in [4.69, 9.17) is 4.74 Å². The van der Waals surface area contributed by atoms with Gasteiger partial charge in [-0.15, -0.1) is 0 Å². The molecule has 2 aromatic rings. The summed E-state index contributed by atoms with van der Waals surface area (Å²) in [7, 11) is -1.96. The second-order valence-electron chi connectivity index (χ2n) is 7.45. The lowest BCUT2D eigenvalue weighted by atomic mass is 10.2. The van der Waals surface area contributed by atoms with Crippen LogP contribution in [0.2, 0.25) is 0 Å². The SMILES string of the molecule is CCS(=O)(=O)Nc1ccc(NC(=O)N2CCCN(Cc3ccccc3)CC2)cc1OC. The zero-order valence-electron chi connectivity index (χ0n) is 18.0. The fourth-order valence-electron chi connectivity index (χ4n) is 3.47. The van der Waals surface area contributed by atoms with Crippen molar-refractivity contribution in [3.8, 4) is 5.75 Å². The number of nitrogens with zero attached hydrogens (tertiary/aromatic N) is 2. The molecule has 0 radical (unpaired) electrons. The largest absolute Gasteiger partial charge is 0.494 e. The molecule has 0 saturated carbocycles. The van der Waals surface area contributed by atoms with Gasteiger partial charge in [-0.05, 0) is 31.0 Å². The van der Waals surface area contributed by atoms with Gasteiger partial charge in [0.05, 0.1) is 18.6 Å². The van der Waals surface area contributed by atoms with Gasteiger partial charge >= 0.3 is 6.03 Å². The average molecular weight is 447 g/mol. The van der Waals surface area contributed by atoms with Crippen LogP contribution in [0.15, 0.2) is 48.5 Å². The molecule has 1 heterocycles. The zero-order valence-corrected chi connectivity index (χ0v) is 18.8. The molecule has 0 aromatic heterocycles. The molecule has 0 spiro atoms. The number of hydrogen-bond donors (Lipinski definition) is 2. The number of ether oxygens (including phenoxy) is 1. The quantitative estimate of drug-likeness (QED) is 0.682. The van der Waals surface area contributed by atoms with Gasteiger partial charge in [0, 0.05) is 44.5 Å². The summed E-state index contributed by atoms with van der Waals surface area (Å²) in [4.78, 5) is 17.0. The summed E-state index contributed by atoms with van der Waals surface area (Å²) in [6.07, 6.45) is 0.904. The van der Waals surface area contributed by atoms with E-state index in [1.54, 1.807) is 25.1 Å². The molecule has 0 aliphatic carbocycles. The van der Waals surface area contributed by atoms with Crippen LogP contribution >= 0.6 is 0 Å². The fourth-order valence-corrected chi connectivity index (χ4v) is 4.12. The second kappa shape index (κ2) is 10.5. The van der Waals surface area contributed by atoms with E-state index in [0.29, 0.717) is 30.2 Å². The van der Waals surface area contributed by atoms with Gasteiger partial charge in [-0.1, -0.05) is 30.3 Å². The van der Waals surface area contributed by atoms with Gasteiger partial charge in [-0.3, -0.25) is 9.62 Å². The highest BCUT2D eigenvalue weighted by atomic mass is 32.2. The van der Waals surface area contributed by atoms with Gasteiger partial charge in [0.1, 0.15) is 5.75 Å². The van der Waals surface area contributed by atoms with Gasteiger partial charge < -0.3 is 15.0 Å². The molecule has 9 heteroatoms. The first kappa shape index (κ1) is 22.9. The van der Waals surface area contributed by atoms with E-state index in [2.05, 4.69) is 27.1 Å². The van der Waals surface area contributed by atoms with E-state index in [0.717, 1.165) is 26.1 Å². The summed E-state index contributed by atoms with van der Waals surface area (Å²) >= 11 is 0. The number of methoxy groups -OCH3 is 1. The van der Waals surface area contributed by atoms with Crippen molar-refractivity contribution in [3.63, 3.8) is 0 Å². The molecule has 8 nitrogen and oxygen atoms in total. The summed E-state index contributed by atoms with van der Waals surface area (Å²) < 4.78 is 31.4. The number of nitrogens with one attached hydrogen (secondary N) is 2. The minimum absolute atomic E-state index is 0.0368. The molecule has 1 aliphatic rings. The minimum Gasteiger partial charge on any atom is -0.494 e. The third kappa shape index (κ3) is 6.60. The Morgan fingerprint density at radius 1 is 1.06 bits per heavy atom. The lowest BCUT2D eigenvalue weighted by molar-refractivity contribution is 0.211. The summed E-state index contributed by atoms with van der Waals surface area (Å²) in [6.45, 7) is 5.52. The Morgan fingerprint density at radius 2 is 1.84 bits per heavy atom. The highest BCUT2D eigenvalue weighted by molar-refractivity contribution is 7.92. The van der Waals surface area contributed by atoms with Crippen LogP contribution in [-0.2, 0) is 16.6 Å². The standard InChI is InChI=1S/C22H30N4O4S/c1-3-31(28,29)24-20-11-10-19(16-21(20)30-2)23-22(27)26-13-7-12-25(14-15-26)17-18-8-5-4-6-9-18/h4-6,8-11,16,24H,3,7,12-15,17H2,1-2H3,(H,23,27). The predicted molar refractivity (Wildman–Crippen MR) is 123 cm³/mol. The molecule has 168 valence electrons. The molecule has 2 aromatic carbocycles. The molecule has 31 heavy (non-hydrogen) atoms. The van der Waals surface area contributed by atoms with Crippen LogP contribution < -0.4 is 14.8 Å². The van der Waals surface area contributed by atoms with E-state index in [9.17, 15) is 13.2 Å². The third-order valence-electron chi connectivity index (χ3n) is 5.22. The average Bonchev–Trinajstić information content (AvgIpc) is 3.01. The molecule has 1 saturated heterocycles. The first-order valence-corrected chi connectivity index (χ1v) is 12.1. The van der Waals surface area contributed by atoms with E-state index in [1.807, 2.05) is 23.1 Å². The van der Waals surface area contributed by atoms with Crippen LogP contribution in [0.5, 0.6) is 5.75 Å². The van der Waals surface area contributed by atoms with Crippen molar-refractivity contribution >= 4 is 27.4 Å². The summed E-state index contributed by atoms with van der Waals surface area (Å²) in [6, 6.07) is 15.0. The van der Waals surface area contributed by atoms with Crippen molar-refractivity contribution in [2.45, 2.75) is 19.9 Å². The van der Waals surface area contributed by atoms with E-state index in [-0.39, 0.29) is 11.8 Å². The molecule has 1 aliphatic heterocycles. The zero-order chi connectivity index (χ0) is 22.3. The Morgan fingerprint density at radius 3 is 2.55 bits per heavy atom. The number of anilines is 2. The number of urea groups is 1. The highest BCUT2D eigenvalue weighted by Crippen LogP contribution is 2.29. The first-order valence-electron chi connectivity index (χ1n) is 10.4. The van der Waals surface area contributed by atoms with Crippen LogP contribution in [0.1, 0.15) is 18.9 Å². The smallest absolute Gasteiger partial charge is 0.321 e. The summed E-state index contributed by atoms with van der Waals surface area (Å²) in [5.41, 5.74) is 2.16. The Kier molecular flexibility index (Phi) is 7.75. The van der Waals surface area contributed by atoms with Gasteiger partial charge in [0.2, 0.25) is 10.0 Å². The maximum absolute atomic E-state index is 12.8. The molecular weight excluding hydrogens is 416 g/mol. The van der Waals surface area contributed by atoms with Gasteiger partial charge in [-0.25, -0.2) is 13.2 Å². The number of sulfonamides is 1. The van der Waals surface area contributed by atoms with Crippen LogP contribution in [0.4, 0.5) is 16.2 Å². The van der Waals surface area contributed by atoms with Gasteiger partial charge in [0.25, 0.3) is 0 Å². The summed E-state index contributed by atoms with van der Waals surface area (Å²) in [5, 5.41) is 2.89. The number of carbonyl (C=O) groups is 1. The monoisotopic (exact) mass is 446 g/mol. The number of hydrogen-bond acceptors (Lipinski definition) is 5. The van der Waals surface area contributed by atoms with Crippen molar-refractivity contribution < 1.29 is 17.9 Å². The maximum Gasteiger partial charge on any atom is 0.321 e. The Labute approximate surface area is 184 Å². The molecule has 2 N–H and O–H groups in total. The number of rotatable bonds is 7. The van der Waals surface area contributed by atoms with Crippen LogP contribution in [0.25, 0.3) is 0 Å². The minimum atomic E-state index is -3.42. The molecule has 2 amide bonds. The van der Waals surface area contributed by atoms with Crippen molar-refractivity contribution in [2.75, 3.05) is 49.1 Å². The Hall–Kier alpha value is -2.78.